The molecule has 4 nitrogen and oxygen atoms in total. The first-order valence-electron chi connectivity index (χ1n) is 2.30. The Kier molecular flexibility index (Phi) is 5.67. The fraction of sp³-hybridized carbons (Fsp3) is 0.250. The third-order valence-electron chi connectivity index (χ3n) is 0.503. The first-order valence-corrected chi connectivity index (χ1v) is 3.94. The molecule has 0 aliphatic rings. The van der Waals surface area contributed by atoms with Gasteiger partial charge in [-0.3, -0.25) is 0 Å². The number of hydrogen-bond donors (Lipinski definition) is 2. The molecule has 0 heterocycles. The monoisotopic (exact) mass is 236 g/mol. The Hall–Kier alpha value is 0.0295. The van der Waals surface area contributed by atoms with E-state index in [1.54, 1.807) is 0 Å². The Bertz CT molecular complexity index is 193. The Labute approximate surface area is 81.7 Å². The molecular weight excluding hydrogens is 232 g/mol. The fourth-order valence-electron chi connectivity index (χ4n) is 0.144. The summed E-state index contributed by atoms with van der Waals surface area (Å²) in [6.07, 6.45) is 0. The molecule has 0 N–H and O–H groups in total. The summed E-state index contributed by atoms with van der Waals surface area (Å²) in [7, 11) is 0. The topological polar surface area (TPSA) is 52.6 Å². The molecule has 0 saturated heterocycles. The van der Waals surface area contributed by atoms with Crippen LogP contribution in [0.3, 0.4) is 0 Å². The first kappa shape index (κ1) is 11.0. The van der Waals surface area contributed by atoms with Crippen LogP contribution in [0.15, 0.2) is 0 Å². The van der Waals surface area contributed by atoms with Gasteiger partial charge in [0.25, 0.3) is 0 Å². The first-order chi connectivity index (χ1) is 5.07. The molecule has 0 amide bonds. The Morgan fingerprint density at radius 2 is 1.91 bits per heavy atom. The zero-order valence-corrected chi connectivity index (χ0v) is 7.98. The van der Waals surface area contributed by atoms with Crippen LogP contribution in [0.1, 0.15) is 0 Å². The van der Waals surface area contributed by atoms with Crippen LogP contribution in [0.4, 0.5) is 0 Å². The number of rotatable bonds is 2. The van der Waals surface area contributed by atoms with Crippen molar-refractivity contribution in [1.29, 1.82) is 0 Å². The van der Waals surface area contributed by atoms with Gasteiger partial charge in [0.15, 0.2) is 0 Å². The summed E-state index contributed by atoms with van der Waals surface area (Å²) in [6.45, 7) is 0. The average molecular weight is 236 g/mol. The van der Waals surface area contributed by atoms with E-state index in [0.717, 1.165) is 0 Å². The molecule has 11 heavy (non-hydrogen) atoms. The summed E-state index contributed by atoms with van der Waals surface area (Å²) in [4.78, 5) is 28.7. The zero-order chi connectivity index (χ0) is 8.85. The third-order valence-corrected chi connectivity index (χ3v) is 1.17. The van der Waals surface area contributed by atoms with Gasteiger partial charge < -0.3 is 0 Å². The quantitative estimate of drug-likeness (QED) is 0.294. The van der Waals surface area contributed by atoms with E-state index >= 15 is 0 Å². The summed E-state index contributed by atoms with van der Waals surface area (Å²) in [5, 5.41) is 0. The van der Waals surface area contributed by atoms with Crippen LogP contribution in [0.25, 0.3) is 0 Å². The number of carbonyl (C=O) groups excluding carboxylic acids is 2. The summed E-state index contributed by atoms with van der Waals surface area (Å²) in [5.41, 5.74) is 0. The van der Waals surface area contributed by atoms with Crippen molar-refractivity contribution in [2.24, 2.45) is 0 Å². The molecular formula is C4H4FeO4S2+. The molecule has 0 rings (SSSR count). The minimum atomic E-state index is -0.900. The molecule has 0 unspecified atom stereocenters. The van der Waals surface area contributed by atoms with E-state index in [2.05, 4.69) is 50.6 Å². The molecule has 0 atom stereocenters. The molecule has 0 spiro atoms. The second-order valence-electron chi connectivity index (χ2n) is 1.26. The average Bonchev–Trinajstić information content (AvgIpc) is 1.99. The summed E-state index contributed by atoms with van der Waals surface area (Å²) < 4.78 is -0.142. The van der Waals surface area contributed by atoms with E-state index in [9.17, 15) is 9.59 Å². The summed E-state index contributed by atoms with van der Waals surface area (Å²) >= 11 is 10.2. The van der Waals surface area contributed by atoms with E-state index < -0.39 is 11.9 Å². The Balaban J connectivity index is 3.63. The van der Waals surface area contributed by atoms with Gasteiger partial charge in [0.1, 0.15) is 0 Å². The van der Waals surface area contributed by atoms with Gasteiger partial charge in [0.2, 0.25) is 0 Å². The van der Waals surface area contributed by atoms with Crippen LogP contribution in [-0.4, -0.2) is 21.4 Å². The van der Waals surface area contributed by atoms with Crippen molar-refractivity contribution in [3.63, 3.8) is 0 Å². The van der Waals surface area contributed by atoms with Crippen molar-refractivity contribution < 1.29 is 34.9 Å². The van der Waals surface area contributed by atoms with Crippen LogP contribution in [0, 0.1) is 0 Å². The fourth-order valence-corrected chi connectivity index (χ4v) is 0.280. The number of carbonyl (C=O) groups is 2. The predicted octanol–water partition coefficient (Wildman–Crippen LogP) is -0.476. The van der Waals surface area contributed by atoms with Crippen molar-refractivity contribution >= 4 is 40.9 Å². The van der Waals surface area contributed by atoms with Crippen LogP contribution < -0.4 is 0 Å². The molecule has 0 radical (unpaired) electrons. The van der Waals surface area contributed by atoms with Gasteiger partial charge in [0, 0.05) is 0 Å². The molecule has 0 bridgehead atoms. The van der Waals surface area contributed by atoms with Gasteiger partial charge in [-0.2, -0.15) is 0 Å². The molecule has 0 saturated carbocycles. The van der Waals surface area contributed by atoms with Gasteiger partial charge in [-0.1, -0.05) is 0 Å². The van der Waals surface area contributed by atoms with E-state index in [0.29, 0.717) is 0 Å². The van der Waals surface area contributed by atoms with Crippen molar-refractivity contribution in [3.8, 4) is 0 Å². The molecule has 0 aliphatic carbocycles. The van der Waals surface area contributed by atoms with Gasteiger partial charge >= 0.3 is 81.6 Å². The van der Waals surface area contributed by atoms with Gasteiger partial charge in [0.05, 0.1) is 0 Å². The molecule has 0 aromatic rings. The molecule has 63 valence electrons. The van der Waals surface area contributed by atoms with Gasteiger partial charge in [-0.25, -0.2) is 0 Å². The Morgan fingerprint density at radius 1 is 1.36 bits per heavy atom. The van der Waals surface area contributed by atoms with Crippen LogP contribution in [-0.2, 0) is 34.9 Å². The van der Waals surface area contributed by atoms with E-state index in [-0.39, 0.29) is 9.50 Å². The normalized spacial score (nSPS) is 8.55. The second kappa shape index (κ2) is 5.65. The SMILES string of the molecule is O=C(CS)OOC(=O)[C](S)=[Fe+]. The number of hydrogen-bond acceptors (Lipinski definition) is 6. The van der Waals surface area contributed by atoms with E-state index in [1.165, 1.54) is 0 Å². The predicted molar refractivity (Wildman–Crippen MR) is 40.0 cm³/mol. The van der Waals surface area contributed by atoms with Gasteiger partial charge in [-0.15, -0.1) is 0 Å². The zero-order valence-electron chi connectivity index (χ0n) is 5.09. The van der Waals surface area contributed by atoms with Crippen molar-refractivity contribution in [2.45, 2.75) is 0 Å². The number of thiol groups is 2. The van der Waals surface area contributed by atoms with E-state index in [4.69, 9.17) is 0 Å². The van der Waals surface area contributed by atoms with Crippen molar-refractivity contribution in [3.05, 3.63) is 0 Å². The molecule has 0 fully saturated rings. The maximum atomic E-state index is 10.5. The van der Waals surface area contributed by atoms with E-state index in [1.807, 2.05) is 0 Å². The van der Waals surface area contributed by atoms with Crippen LogP contribution in [0.5, 0.6) is 0 Å². The second-order valence-corrected chi connectivity index (χ2v) is 2.98. The summed E-state index contributed by atoms with van der Waals surface area (Å²) in [5.74, 6) is -1.81. The standard InChI is InChI=1S/C4H4O4S2.Fe/c5-3(1-9)7-8-4(6)2-10;/h9-10H,1H2;/q;+1. The van der Waals surface area contributed by atoms with Crippen molar-refractivity contribution in [1.82, 2.24) is 0 Å². The molecule has 0 aromatic carbocycles. The Morgan fingerprint density at radius 3 is 2.27 bits per heavy atom. The molecule has 0 aliphatic heterocycles. The van der Waals surface area contributed by atoms with Crippen molar-refractivity contribution in [2.75, 3.05) is 5.75 Å². The van der Waals surface area contributed by atoms with Crippen LogP contribution >= 0.6 is 25.3 Å². The van der Waals surface area contributed by atoms with Gasteiger partial charge in [-0.05, 0) is 0 Å². The maximum absolute atomic E-state index is 10.5. The molecule has 7 heteroatoms. The molecule has 0 aromatic heterocycles. The minimum absolute atomic E-state index is 0.142. The third kappa shape index (κ3) is 5.32. The summed E-state index contributed by atoms with van der Waals surface area (Å²) in [6, 6.07) is 0. The van der Waals surface area contributed by atoms with Crippen LogP contribution in [0.2, 0.25) is 0 Å².